The molecule has 2 aromatic heterocycles. The van der Waals surface area contributed by atoms with Crippen molar-refractivity contribution in [1.82, 2.24) is 9.97 Å². The number of nitrogens with two attached hydrogens (primary N) is 1. The molecule has 0 amide bonds. The molecule has 1 fully saturated rings. The molecule has 162 valence electrons. The summed E-state index contributed by atoms with van der Waals surface area (Å²) in [5.41, 5.74) is 6.09. The quantitative estimate of drug-likeness (QED) is 0.554. The highest BCUT2D eigenvalue weighted by molar-refractivity contribution is 8.15. The Kier molecular flexibility index (Phi) is 4.58. The van der Waals surface area contributed by atoms with Gasteiger partial charge < -0.3 is 16.2 Å². The Morgan fingerprint density at radius 1 is 1.34 bits per heavy atom. The molecule has 3 heterocycles. The lowest BCUT2D eigenvalue weighted by Crippen LogP contribution is -2.37. The van der Waals surface area contributed by atoms with Gasteiger partial charge >= 0.3 is 0 Å². The van der Waals surface area contributed by atoms with Crippen LogP contribution < -0.4 is 11.1 Å². The molecule has 4 N–H and O–H groups in total. The predicted octanol–water partition coefficient (Wildman–Crippen LogP) is 3.55. The van der Waals surface area contributed by atoms with Crippen molar-refractivity contribution in [3.63, 3.8) is 0 Å². The molecule has 0 radical (unpaired) electrons. The average Bonchev–Trinajstić information content (AvgIpc) is 3.51. The summed E-state index contributed by atoms with van der Waals surface area (Å²) < 4.78 is 29.1. The number of amidine groups is 1. The van der Waals surface area contributed by atoms with Crippen molar-refractivity contribution in [2.45, 2.75) is 23.6 Å². The number of rotatable bonds is 4. The summed E-state index contributed by atoms with van der Waals surface area (Å²) >= 11 is 1.29. The average molecular weight is 452 g/mol. The number of nitrogens with zero attached hydrogens (tertiary/aromatic N) is 4. The predicted molar refractivity (Wildman–Crippen MR) is 118 cm³/mol. The van der Waals surface area contributed by atoms with E-state index in [4.69, 9.17) is 11.0 Å². The van der Waals surface area contributed by atoms with Gasteiger partial charge in [-0.1, -0.05) is 11.8 Å². The molecule has 10 heteroatoms. The third-order valence-electron chi connectivity index (χ3n) is 6.19. The van der Waals surface area contributed by atoms with Gasteiger partial charge in [-0.3, -0.25) is 9.98 Å². The summed E-state index contributed by atoms with van der Waals surface area (Å²) in [6.45, 7) is 1.59. The van der Waals surface area contributed by atoms with Gasteiger partial charge in [0.05, 0.1) is 22.5 Å². The van der Waals surface area contributed by atoms with Gasteiger partial charge in [0, 0.05) is 41.0 Å². The molecule has 1 saturated carbocycles. The Morgan fingerprint density at radius 2 is 2.16 bits per heavy atom. The van der Waals surface area contributed by atoms with E-state index in [-0.39, 0.29) is 28.9 Å². The largest absolute Gasteiger partial charge is 0.395 e. The molecule has 0 saturated heterocycles. The van der Waals surface area contributed by atoms with Crippen LogP contribution in [0.3, 0.4) is 0 Å². The van der Waals surface area contributed by atoms with Crippen LogP contribution in [0.4, 0.5) is 20.3 Å². The van der Waals surface area contributed by atoms with E-state index in [1.54, 1.807) is 25.3 Å². The monoisotopic (exact) mass is 452 g/mol. The zero-order chi connectivity index (χ0) is 22.7. The molecule has 0 spiro atoms. The number of fused-ring (bicyclic) bond motifs is 2. The Balaban J connectivity index is 1.58. The minimum atomic E-state index is -1.12. The van der Waals surface area contributed by atoms with Crippen molar-refractivity contribution in [2.24, 2.45) is 16.6 Å². The fourth-order valence-electron chi connectivity index (χ4n) is 4.48. The van der Waals surface area contributed by atoms with Crippen LogP contribution in [0.15, 0.2) is 41.7 Å². The lowest BCUT2D eigenvalue weighted by molar-refractivity contribution is 0.264. The van der Waals surface area contributed by atoms with Gasteiger partial charge in [0.1, 0.15) is 11.6 Å². The number of aliphatic hydroxyl groups is 1. The third kappa shape index (κ3) is 3.08. The molecule has 2 aliphatic rings. The Bertz CT molecular complexity index is 1340. The lowest BCUT2D eigenvalue weighted by atomic mass is 9.85. The summed E-state index contributed by atoms with van der Waals surface area (Å²) in [6.07, 6.45) is 3.56. The van der Waals surface area contributed by atoms with Crippen molar-refractivity contribution in [2.75, 3.05) is 11.9 Å². The zero-order valence-electron chi connectivity index (χ0n) is 16.9. The number of aliphatic hydroxyl groups excluding tert-OH is 1. The summed E-state index contributed by atoms with van der Waals surface area (Å²) in [6, 6.07) is 7.96. The fourth-order valence-corrected chi connectivity index (χ4v) is 5.82. The standard InChI is InChI=1S/C22H18F2N6OS/c1-21(16-7-22(16,10-31)32-20(26)30-21)14-5-13(6-15(23)17(14)24)29-19-18-12(2-3-27-19)4-11(8-25)9-28-18/h2-6,9,16,31H,7,10H2,1H3,(H2,26,30)(H,27,29)/t16-,21-,22+/m0/s1. The first-order chi connectivity index (χ1) is 15.3. The van der Waals surface area contributed by atoms with Crippen LogP contribution in [0.25, 0.3) is 10.9 Å². The van der Waals surface area contributed by atoms with Crippen LogP contribution in [0.2, 0.25) is 0 Å². The lowest BCUT2D eigenvalue weighted by Gasteiger charge is -2.34. The number of nitriles is 1. The van der Waals surface area contributed by atoms with Gasteiger partial charge in [-0.15, -0.1) is 0 Å². The Morgan fingerprint density at radius 3 is 2.91 bits per heavy atom. The highest BCUT2D eigenvalue weighted by atomic mass is 32.2. The molecule has 1 aliphatic heterocycles. The van der Waals surface area contributed by atoms with Crippen LogP contribution in [-0.4, -0.2) is 31.6 Å². The number of anilines is 2. The molecule has 1 aliphatic carbocycles. The molecular formula is C22H18F2N6OS. The normalized spacial score (nSPS) is 26.2. The van der Waals surface area contributed by atoms with E-state index < -0.39 is 21.9 Å². The topological polar surface area (TPSA) is 120 Å². The van der Waals surface area contributed by atoms with Crippen molar-refractivity contribution in [3.05, 3.63) is 59.4 Å². The van der Waals surface area contributed by atoms with E-state index in [1.165, 1.54) is 24.0 Å². The number of aliphatic imine (C=N–C) groups is 1. The second kappa shape index (κ2) is 7.12. The number of aromatic nitrogens is 2. The zero-order valence-corrected chi connectivity index (χ0v) is 17.7. The summed E-state index contributed by atoms with van der Waals surface area (Å²) in [7, 11) is 0. The summed E-state index contributed by atoms with van der Waals surface area (Å²) in [4.78, 5) is 13.0. The first kappa shape index (κ1) is 20.6. The second-order valence-electron chi connectivity index (χ2n) is 8.19. The van der Waals surface area contributed by atoms with Crippen LogP contribution in [0, 0.1) is 28.9 Å². The molecule has 3 atom stereocenters. The summed E-state index contributed by atoms with van der Waals surface area (Å²) in [5.74, 6) is -1.87. The van der Waals surface area contributed by atoms with Gasteiger partial charge in [-0.05, 0) is 31.5 Å². The Labute approximate surface area is 186 Å². The number of benzene rings is 1. The highest BCUT2D eigenvalue weighted by Gasteiger charge is 2.66. The molecule has 3 aromatic rings. The van der Waals surface area contributed by atoms with Crippen LogP contribution in [0.1, 0.15) is 24.5 Å². The maximum absolute atomic E-state index is 15.0. The van der Waals surface area contributed by atoms with Crippen molar-refractivity contribution in [1.29, 1.82) is 5.26 Å². The minimum Gasteiger partial charge on any atom is -0.395 e. The van der Waals surface area contributed by atoms with Gasteiger partial charge in [0.25, 0.3) is 0 Å². The molecule has 0 unspecified atom stereocenters. The number of halogens is 2. The highest BCUT2D eigenvalue weighted by Crippen LogP contribution is 2.65. The van der Waals surface area contributed by atoms with Crippen molar-refractivity contribution >= 4 is 39.3 Å². The van der Waals surface area contributed by atoms with Crippen molar-refractivity contribution < 1.29 is 13.9 Å². The van der Waals surface area contributed by atoms with E-state index in [9.17, 15) is 13.9 Å². The molecule has 5 rings (SSSR count). The van der Waals surface area contributed by atoms with Crippen LogP contribution >= 0.6 is 11.8 Å². The molecule has 1 aromatic carbocycles. The van der Waals surface area contributed by atoms with Crippen molar-refractivity contribution in [3.8, 4) is 6.07 Å². The van der Waals surface area contributed by atoms with E-state index >= 15 is 0 Å². The smallest absolute Gasteiger partial charge is 0.164 e. The van der Waals surface area contributed by atoms with E-state index in [0.29, 0.717) is 28.7 Å². The number of thioether (sulfide) groups is 1. The number of hydrogen-bond donors (Lipinski definition) is 3. The molecule has 0 bridgehead atoms. The summed E-state index contributed by atoms with van der Waals surface area (Å²) in [5, 5.41) is 22.9. The third-order valence-corrected chi connectivity index (χ3v) is 7.47. The van der Waals surface area contributed by atoms with E-state index in [2.05, 4.69) is 20.3 Å². The number of pyridine rings is 2. The molecule has 7 nitrogen and oxygen atoms in total. The maximum atomic E-state index is 15.0. The SMILES string of the molecule is C[C@@]1(c2cc(Nc3nccc4cc(C#N)cnc34)cc(F)c2F)N=C(N)S[C@@]2(CO)C[C@H]21. The first-order valence-electron chi connectivity index (χ1n) is 9.86. The first-order valence-corrected chi connectivity index (χ1v) is 10.7. The molecular weight excluding hydrogens is 434 g/mol. The number of nitrogens with one attached hydrogen (secondary N) is 1. The van der Waals surface area contributed by atoms with Gasteiger partial charge in [-0.25, -0.2) is 13.8 Å². The molecule has 32 heavy (non-hydrogen) atoms. The second-order valence-corrected chi connectivity index (χ2v) is 9.63. The van der Waals surface area contributed by atoms with Gasteiger partial charge in [0.2, 0.25) is 0 Å². The van der Waals surface area contributed by atoms with E-state index in [1.807, 2.05) is 6.07 Å². The van der Waals surface area contributed by atoms with Gasteiger partial charge in [0.15, 0.2) is 22.6 Å². The number of hydrogen-bond acceptors (Lipinski definition) is 8. The van der Waals surface area contributed by atoms with Crippen LogP contribution in [0.5, 0.6) is 0 Å². The maximum Gasteiger partial charge on any atom is 0.164 e. The van der Waals surface area contributed by atoms with Gasteiger partial charge in [-0.2, -0.15) is 5.26 Å². The minimum absolute atomic E-state index is 0.0588. The van der Waals surface area contributed by atoms with Crippen LogP contribution in [-0.2, 0) is 5.54 Å². The fraction of sp³-hybridized carbons (Fsp3) is 0.273. The Hall–Kier alpha value is -3.29. The van der Waals surface area contributed by atoms with E-state index in [0.717, 1.165) is 6.07 Å².